The molecule has 1 unspecified atom stereocenters. The Morgan fingerprint density at radius 3 is 2.67 bits per heavy atom. The molecule has 7 heteroatoms. The van der Waals surface area contributed by atoms with E-state index in [1.54, 1.807) is 7.11 Å². The fourth-order valence-electron chi connectivity index (χ4n) is 4.43. The van der Waals surface area contributed by atoms with Gasteiger partial charge in [0.05, 0.1) is 19.2 Å². The highest BCUT2D eigenvalue weighted by molar-refractivity contribution is 5.85. The summed E-state index contributed by atoms with van der Waals surface area (Å²) in [5.74, 6) is 1.87. The van der Waals surface area contributed by atoms with E-state index in [0.29, 0.717) is 6.42 Å². The minimum Gasteiger partial charge on any atom is -0.493 e. The molecule has 1 aromatic carbocycles. The van der Waals surface area contributed by atoms with Crippen LogP contribution in [-0.2, 0) is 11.2 Å². The summed E-state index contributed by atoms with van der Waals surface area (Å²) in [6, 6.07) is 4.55. The van der Waals surface area contributed by atoms with Crippen LogP contribution >= 0.6 is 12.4 Å². The second-order valence-electron chi connectivity index (χ2n) is 8.17. The first-order valence-electron chi connectivity index (χ1n) is 9.66. The van der Waals surface area contributed by atoms with Gasteiger partial charge in [0.2, 0.25) is 5.91 Å². The van der Waals surface area contributed by atoms with Crippen molar-refractivity contribution in [3.63, 3.8) is 0 Å². The number of nitrogens with zero attached hydrogens (tertiary/aromatic N) is 1. The van der Waals surface area contributed by atoms with Crippen molar-refractivity contribution in [1.29, 1.82) is 0 Å². The Hall–Kier alpha value is -1.50. The van der Waals surface area contributed by atoms with Gasteiger partial charge in [0, 0.05) is 18.4 Å². The van der Waals surface area contributed by atoms with Gasteiger partial charge in [0.1, 0.15) is 5.60 Å². The summed E-state index contributed by atoms with van der Waals surface area (Å²) in [5.41, 5.74) is 5.76. The van der Waals surface area contributed by atoms with Crippen molar-refractivity contribution >= 4 is 18.3 Å². The molecule has 2 saturated heterocycles. The summed E-state index contributed by atoms with van der Waals surface area (Å²) >= 11 is 0. The monoisotopic (exact) mass is 395 g/mol. The smallest absolute Gasteiger partial charge is 0.237 e. The van der Waals surface area contributed by atoms with Crippen molar-refractivity contribution < 1.29 is 14.3 Å². The molecule has 0 spiro atoms. The van der Waals surface area contributed by atoms with Crippen LogP contribution in [0.25, 0.3) is 0 Å². The molecular formula is C20H30ClN3O3. The summed E-state index contributed by atoms with van der Waals surface area (Å²) < 4.78 is 11.7. The average molecular weight is 396 g/mol. The molecule has 0 aliphatic carbocycles. The zero-order valence-corrected chi connectivity index (χ0v) is 17.2. The predicted molar refractivity (Wildman–Crippen MR) is 107 cm³/mol. The van der Waals surface area contributed by atoms with Gasteiger partial charge in [-0.1, -0.05) is 6.07 Å². The van der Waals surface area contributed by atoms with E-state index in [2.05, 4.69) is 30.7 Å². The van der Waals surface area contributed by atoms with E-state index in [1.807, 2.05) is 11.1 Å². The van der Waals surface area contributed by atoms with Gasteiger partial charge in [-0.15, -0.1) is 12.4 Å². The van der Waals surface area contributed by atoms with Gasteiger partial charge in [-0.25, -0.2) is 5.43 Å². The topological polar surface area (TPSA) is 62.8 Å². The predicted octanol–water partition coefficient (Wildman–Crippen LogP) is 2.75. The molecular weight excluding hydrogens is 366 g/mol. The Morgan fingerprint density at radius 1 is 1.22 bits per heavy atom. The number of carbonyl (C=O) groups is 1. The van der Waals surface area contributed by atoms with Crippen molar-refractivity contribution in [3.05, 3.63) is 23.3 Å². The lowest BCUT2D eigenvalue weighted by Crippen LogP contribution is -2.56. The highest BCUT2D eigenvalue weighted by atomic mass is 35.5. The number of carbonyl (C=O) groups excluding carboxylic acids is 1. The number of hydrogen-bond donors (Lipinski definition) is 2. The maximum absolute atomic E-state index is 12.5. The molecule has 3 aliphatic heterocycles. The first-order chi connectivity index (χ1) is 12.5. The van der Waals surface area contributed by atoms with Crippen molar-refractivity contribution in [2.45, 2.75) is 63.6 Å². The van der Waals surface area contributed by atoms with Crippen molar-refractivity contribution in [2.24, 2.45) is 0 Å². The lowest BCUT2D eigenvalue weighted by Gasteiger charge is -2.41. The van der Waals surface area contributed by atoms with E-state index in [9.17, 15) is 4.79 Å². The molecule has 1 atom stereocenters. The largest absolute Gasteiger partial charge is 0.493 e. The van der Waals surface area contributed by atoms with E-state index in [1.165, 1.54) is 11.1 Å². The molecule has 0 saturated carbocycles. The molecule has 6 nitrogen and oxygen atoms in total. The Labute approximate surface area is 167 Å². The maximum atomic E-state index is 12.5. The van der Waals surface area contributed by atoms with Crippen molar-refractivity contribution in [1.82, 2.24) is 15.8 Å². The van der Waals surface area contributed by atoms with Gasteiger partial charge in [0.15, 0.2) is 11.5 Å². The number of rotatable bonds is 3. The van der Waals surface area contributed by atoms with Crippen LogP contribution in [0.1, 0.15) is 56.7 Å². The minimum atomic E-state index is -0.231. The molecule has 3 heterocycles. The third kappa shape index (κ3) is 3.89. The Morgan fingerprint density at radius 2 is 1.96 bits per heavy atom. The Kier molecular flexibility index (Phi) is 5.89. The summed E-state index contributed by atoms with van der Waals surface area (Å²) in [6.45, 7) is 6.16. The number of halogens is 1. The van der Waals surface area contributed by atoms with E-state index in [0.717, 1.165) is 50.3 Å². The van der Waals surface area contributed by atoms with Gasteiger partial charge in [-0.2, -0.15) is 0 Å². The number of benzene rings is 1. The standard InChI is InChI=1S/C20H29N3O3.ClH/c1-20(2)12-15-14(4-6-17(25-3)19(15)26-20)16-5-7-18(24)23(22-16)13-8-10-21-11-9-13;/h4,6,13,16,21-22H,5,7-12H2,1-3H3;1H. The third-order valence-corrected chi connectivity index (χ3v) is 5.72. The van der Waals surface area contributed by atoms with Crippen LogP contribution in [0.3, 0.4) is 0 Å². The van der Waals surface area contributed by atoms with Crippen LogP contribution in [0, 0.1) is 0 Å². The number of fused-ring (bicyclic) bond motifs is 1. The summed E-state index contributed by atoms with van der Waals surface area (Å²) in [4.78, 5) is 12.5. The number of amides is 1. The molecule has 0 bridgehead atoms. The highest BCUT2D eigenvalue weighted by Gasteiger charge is 2.38. The van der Waals surface area contributed by atoms with Gasteiger partial charge in [0.25, 0.3) is 0 Å². The molecule has 3 aliphatic rings. The number of hydrogen-bond acceptors (Lipinski definition) is 5. The van der Waals surface area contributed by atoms with Crippen molar-refractivity contribution in [3.8, 4) is 11.5 Å². The highest BCUT2D eigenvalue weighted by Crippen LogP contribution is 2.46. The molecule has 27 heavy (non-hydrogen) atoms. The van der Waals surface area contributed by atoms with Crippen LogP contribution in [0.5, 0.6) is 11.5 Å². The van der Waals surface area contributed by atoms with E-state index >= 15 is 0 Å². The quantitative estimate of drug-likeness (QED) is 0.824. The number of piperidine rings is 1. The average Bonchev–Trinajstić information content (AvgIpc) is 2.97. The summed E-state index contributed by atoms with van der Waals surface area (Å²) in [5, 5.41) is 5.28. The van der Waals surface area contributed by atoms with E-state index in [-0.39, 0.29) is 36.0 Å². The molecule has 2 fully saturated rings. The van der Waals surface area contributed by atoms with E-state index in [4.69, 9.17) is 9.47 Å². The summed E-state index contributed by atoms with van der Waals surface area (Å²) in [7, 11) is 1.68. The number of nitrogens with one attached hydrogen (secondary N) is 2. The zero-order valence-electron chi connectivity index (χ0n) is 16.3. The lowest BCUT2D eigenvalue weighted by molar-refractivity contribution is -0.143. The first-order valence-corrected chi connectivity index (χ1v) is 9.66. The minimum absolute atomic E-state index is 0. The third-order valence-electron chi connectivity index (χ3n) is 5.72. The molecule has 1 amide bonds. The second kappa shape index (κ2) is 7.86. The second-order valence-corrected chi connectivity index (χ2v) is 8.17. The van der Waals surface area contributed by atoms with Crippen LogP contribution in [0.2, 0.25) is 0 Å². The molecule has 0 radical (unpaired) electrons. The van der Waals surface area contributed by atoms with Gasteiger partial charge in [-0.3, -0.25) is 9.80 Å². The normalized spacial score (nSPS) is 24.8. The van der Waals surface area contributed by atoms with Gasteiger partial charge >= 0.3 is 0 Å². The number of methoxy groups -OCH3 is 1. The number of hydrazine groups is 1. The Balaban J connectivity index is 0.00000210. The first kappa shape index (κ1) is 20.2. The van der Waals surface area contributed by atoms with E-state index < -0.39 is 0 Å². The van der Waals surface area contributed by atoms with Crippen molar-refractivity contribution in [2.75, 3.05) is 20.2 Å². The maximum Gasteiger partial charge on any atom is 0.237 e. The molecule has 0 aromatic heterocycles. The zero-order chi connectivity index (χ0) is 18.3. The number of ether oxygens (including phenoxy) is 2. The van der Waals surface area contributed by atoms with Crippen LogP contribution < -0.4 is 20.2 Å². The Bertz CT molecular complexity index is 704. The van der Waals surface area contributed by atoms with Gasteiger partial charge in [-0.05, 0) is 57.8 Å². The fourth-order valence-corrected chi connectivity index (χ4v) is 4.43. The molecule has 2 N–H and O–H groups in total. The molecule has 4 rings (SSSR count). The molecule has 1 aromatic rings. The van der Waals surface area contributed by atoms with Crippen LogP contribution in [0.4, 0.5) is 0 Å². The van der Waals surface area contributed by atoms with Crippen LogP contribution in [0.15, 0.2) is 12.1 Å². The van der Waals surface area contributed by atoms with Crippen LogP contribution in [-0.4, -0.2) is 42.8 Å². The summed E-state index contributed by atoms with van der Waals surface area (Å²) in [6.07, 6.45) is 4.27. The molecule has 150 valence electrons. The fraction of sp³-hybridized carbons (Fsp3) is 0.650. The van der Waals surface area contributed by atoms with Gasteiger partial charge < -0.3 is 14.8 Å². The SMILES string of the molecule is COc1ccc(C2CCC(=O)N(C3CCNCC3)N2)c2c1OC(C)(C)C2.Cl. The lowest BCUT2D eigenvalue weighted by atomic mass is 9.90.